The second-order valence-corrected chi connectivity index (χ2v) is 7.35. The summed E-state index contributed by atoms with van der Waals surface area (Å²) in [5.41, 5.74) is 5.06. The summed E-state index contributed by atoms with van der Waals surface area (Å²) < 4.78 is 5.83. The Kier molecular flexibility index (Phi) is 5.84. The third-order valence-corrected chi connectivity index (χ3v) is 4.83. The molecule has 0 aliphatic rings. The van der Waals surface area contributed by atoms with Crippen molar-refractivity contribution in [3.05, 3.63) is 88.8 Å². The van der Waals surface area contributed by atoms with Crippen molar-refractivity contribution in [2.24, 2.45) is 0 Å². The van der Waals surface area contributed by atoms with Crippen LogP contribution in [0.25, 0.3) is 11.1 Å². The number of aryl methyl sites for hydroxylation is 4. The molecule has 1 N–H and O–H groups in total. The summed E-state index contributed by atoms with van der Waals surface area (Å²) in [6.07, 6.45) is 2.17. The van der Waals surface area contributed by atoms with Gasteiger partial charge in [-0.05, 0) is 50.1 Å². The predicted octanol–water partition coefficient (Wildman–Crippen LogP) is 3.99. The summed E-state index contributed by atoms with van der Waals surface area (Å²) >= 11 is 0. The molecule has 6 nitrogen and oxygen atoms in total. The first-order valence-electron chi connectivity index (χ1n) is 10.1. The molecule has 152 valence electrons. The number of amides is 1. The molecule has 4 rings (SSSR count). The van der Waals surface area contributed by atoms with Crippen LogP contribution in [0.5, 0.6) is 0 Å². The number of oxazole rings is 1. The number of carbonyl (C=O) groups is 1. The first-order chi connectivity index (χ1) is 14.6. The third kappa shape index (κ3) is 4.89. The zero-order valence-corrected chi connectivity index (χ0v) is 17.2. The average molecular weight is 400 g/mol. The highest BCUT2D eigenvalue weighted by molar-refractivity contribution is 5.97. The minimum atomic E-state index is -0.143. The summed E-state index contributed by atoms with van der Waals surface area (Å²) in [4.78, 5) is 25.9. The summed E-state index contributed by atoms with van der Waals surface area (Å²) in [5, 5.41) is 2.93. The molecule has 4 aromatic rings. The van der Waals surface area contributed by atoms with Crippen molar-refractivity contribution in [2.45, 2.75) is 33.1 Å². The Balaban J connectivity index is 1.37. The summed E-state index contributed by atoms with van der Waals surface area (Å²) in [7, 11) is 0. The molecular weight excluding hydrogens is 376 g/mol. The van der Waals surface area contributed by atoms with E-state index in [0.29, 0.717) is 35.5 Å². The van der Waals surface area contributed by atoms with Gasteiger partial charge >= 0.3 is 0 Å². The molecule has 0 radical (unpaired) electrons. The fourth-order valence-corrected chi connectivity index (χ4v) is 3.42. The standard InChI is InChI=1S/C24H24N4O2/c1-16-14-17(2)27-22(26-16)12-13-25-24(29)19-9-10-21-20(15-19)28-23(30-21)11-8-18-6-4-3-5-7-18/h3-7,9-10,14-15H,8,11-13H2,1-2H3,(H,25,29). The Morgan fingerprint density at radius 3 is 2.43 bits per heavy atom. The Hall–Kier alpha value is -3.54. The van der Waals surface area contributed by atoms with Crippen molar-refractivity contribution in [1.29, 1.82) is 0 Å². The Morgan fingerprint density at radius 2 is 1.67 bits per heavy atom. The van der Waals surface area contributed by atoms with Crippen LogP contribution in [0.15, 0.2) is 59.0 Å². The molecule has 0 aliphatic heterocycles. The zero-order valence-electron chi connectivity index (χ0n) is 17.2. The van der Waals surface area contributed by atoms with Gasteiger partial charge in [0, 0.05) is 36.3 Å². The topological polar surface area (TPSA) is 80.9 Å². The van der Waals surface area contributed by atoms with Crippen LogP contribution in [0.1, 0.15) is 39.0 Å². The van der Waals surface area contributed by atoms with Gasteiger partial charge in [0.15, 0.2) is 11.5 Å². The van der Waals surface area contributed by atoms with Gasteiger partial charge in [0.05, 0.1) is 0 Å². The maximum atomic E-state index is 12.5. The van der Waals surface area contributed by atoms with E-state index >= 15 is 0 Å². The SMILES string of the molecule is Cc1cc(C)nc(CCNC(=O)c2ccc3oc(CCc4ccccc4)nc3c2)n1. The van der Waals surface area contributed by atoms with Crippen LogP contribution in [-0.2, 0) is 19.3 Å². The number of benzene rings is 2. The minimum absolute atomic E-state index is 0.143. The quantitative estimate of drug-likeness (QED) is 0.507. The lowest BCUT2D eigenvalue weighted by molar-refractivity contribution is 0.0954. The van der Waals surface area contributed by atoms with Gasteiger partial charge in [0.2, 0.25) is 0 Å². The molecule has 0 fully saturated rings. The van der Waals surface area contributed by atoms with Gasteiger partial charge in [-0.15, -0.1) is 0 Å². The smallest absolute Gasteiger partial charge is 0.251 e. The van der Waals surface area contributed by atoms with Crippen LogP contribution in [0.2, 0.25) is 0 Å². The van der Waals surface area contributed by atoms with Gasteiger partial charge in [-0.3, -0.25) is 4.79 Å². The van der Waals surface area contributed by atoms with Crippen molar-refractivity contribution in [3.8, 4) is 0 Å². The zero-order chi connectivity index (χ0) is 20.9. The number of carbonyl (C=O) groups excluding carboxylic acids is 1. The molecule has 0 saturated carbocycles. The average Bonchev–Trinajstić information content (AvgIpc) is 3.14. The minimum Gasteiger partial charge on any atom is -0.441 e. The molecule has 0 unspecified atom stereocenters. The second kappa shape index (κ2) is 8.86. The maximum Gasteiger partial charge on any atom is 0.251 e. The highest BCUT2D eigenvalue weighted by Gasteiger charge is 2.11. The van der Waals surface area contributed by atoms with Crippen molar-refractivity contribution < 1.29 is 9.21 Å². The highest BCUT2D eigenvalue weighted by atomic mass is 16.3. The fourth-order valence-electron chi connectivity index (χ4n) is 3.42. The Labute approximate surface area is 175 Å². The molecule has 2 heterocycles. The van der Waals surface area contributed by atoms with E-state index in [1.54, 1.807) is 18.2 Å². The van der Waals surface area contributed by atoms with E-state index in [1.807, 2.05) is 38.1 Å². The predicted molar refractivity (Wildman–Crippen MR) is 115 cm³/mol. The molecule has 0 spiro atoms. The lowest BCUT2D eigenvalue weighted by atomic mass is 10.1. The normalized spacial score (nSPS) is 11.0. The molecular formula is C24H24N4O2. The molecule has 0 aliphatic carbocycles. The molecule has 30 heavy (non-hydrogen) atoms. The van der Waals surface area contributed by atoms with E-state index in [4.69, 9.17) is 4.42 Å². The van der Waals surface area contributed by atoms with Crippen molar-refractivity contribution in [2.75, 3.05) is 6.54 Å². The van der Waals surface area contributed by atoms with Crippen LogP contribution in [0.3, 0.4) is 0 Å². The van der Waals surface area contributed by atoms with Gasteiger partial charge in [-0.25, -0.2) is 15.0 Å². The van der Waals surface area contributed by atoms with E-state index in [9.17, 15) is 4.79 Å². The highest BCUT2D eigenvalue weighted by Crippen LogP contribution is 2.18. The number of fused-ring (bicyclic) bond motifs is 1. The number of nitrogens with one attached hydrogen (secondary N) is 1. The second-order valence-electron chi connectivity index (χ2n) is 7.35. The third-order valence-electron chi connectivity index (χ3n) is 4.83. The Morgan fingerprint density at radius 1 is 0.900 bits per heavy atom. The number of hydrogen-bond donors (Lipinski definition) is 1. The first kappa shape index (κ1) is 19.8. The number of aromatic nitrogens is 3. The Bertz CT molecular complexity index is 1150. The van der Waals surface area contributed by atoms with Crippen LogP contribution >= 0.6 is 0 Å². The monoisotopic (exact) mass is 400 g/mol. The van der Waals surface area contributed by atoms with Crippen molar-refractivity contribution >= 4 is 17.0 Å². The number of nitrogens with zero attached hydrogens (tertiary/aromatic N) is 3. The van der Waals surface area contributed by atoms with E-state index in [1.165, 1.54) is 5.56 Å². The van der Waals surface area contributed by atoms with Crippen LogP contribution in [-0.4, -0.2) is 27.4 Å². The van der Waals surface area contributed by atoms with Gasteiger partial charge in [0.1, 0.15) is 11.3 Å². The number of rotatable bonds is 7. The van der Waals surface area contributed by atoms with Crippen molar-refractivity contribution in [3.63, 3.8) is 0 Å². The fraction of sp³-hybridized carbons (Fsp3) is 0.250. The van der Waals surface area contributed by atoms with Gasteiger partial charge in [0.25, 0.3) is 5.91 Å². The van der Waals surface area contributed by atoms with Gasteiger partial charge in [-0.1, -0.05) is 30.3 Å². The maximum absolute atomic E-state index is 12.5. The first-order valence-corrected chi connectivity index (χ1v) is 10.1. The van der Waals surface area contributed by atoms with E-state index in [2.05, 4.69) is 32.4 Å². The number of hydrogen-bond acceptors (Lipinski definition) is 5. The van der Waals surface area contributed by atoms with Crippen LogP contribution < -0.4 is 5.32 Å². The van der Waals surface area contributed by atoms with Crippen LogP contribution in [0.4, 0.5) is 0 Å². The summed E-state index contributed by atoms with van der Waals surface area (Å²) in [6.45, 7) is 4.36. The molecule has 1 amide bonds. The van der Waals surface area contributed by atoms with Gasteiger partial charge in [-0.2, -0.15) is 0 Å². The molecule has 0 saturated heterocycles. The summed E-state index contributed by atoms with van der Waals surface area (Å²) in [5.74, 6) is 1.27. The molecule has 2 aromatic heterocycles. The van der Waals surface area contributed by atoms with Gasteiger partial charge < -0.3 is 9.73 Å². The molecule has 0 atom stereocenters. The molecule has 2 aromatic carbocycles. The van der Waals surface area contributed by atoms with E-state index in [0.717, 1.165) is 30.1 Å². The lowest BCUT2D eigenvalue weighted by Crippen LogP contribution is -2.26. The van der Waals surface area contributed by atoms with Crippen LogP contribution in [0, 0.1) is 13.8 Å². The van der Waals surface area contributed by atoms with E-state index < -0.39 is 0 Å². The largest absolute Gasteiger partial charge is 0.441 e. The molecule has 6 heteroatoms. The molecule has 0 bridgehead atoms. The van der Waals surface area contributed by atoms with E-state index in [-0.39, 0.29) is 5.91 Å². The lowest BCUT2D eigenvalue weighted by Gasteiger charge is -2.06. The summed E-state index contributed by atoms with van der Waals surface area (Å²) in [6, 6.07) is 17.5. The van der Waals surface area contributed by atoms with Crippen molar-refractivity contribution in [1.82, 2.24) is 20.3 Å².